The zero-order chi connectivity index (χ0) is 18.8. The molecule has 4 rings (SSSR count). The number of aliphatic hydroxyl groups excluding tert-OH is 1. The Labute approximate surface area is 159 Å². The topological polar surface area (TPSA) is 29.1 Å². The van der Waals surface area contributed by atoms with Crippen LogP contribution >= 0.6 is 0 Å². The van der Waals surface area contributed by atoms with Gasteiger partial charge in [-0.3, -0.25) is 0 Å². The highest BCUT2D eigenvalue weighted by molar-refractivity contribution is 5.41. The van der Waals surface area contributed by atoms with Crippen LogP contribution in [-0.4, -0.2) is 44.4 Å². The highest BCUT2D eigenvalue weighted by Gasteiger charge is 2.37. The van der Waals surface area contributed by atoms with Crippen LogP contribution in [0.25, 0.3) is 0 Å². The normalized spacial score (nSPS) is 28.0. The molecule has 0 bridgehead atoms. The van der Waals surface area contributed by atoms with Crippen LogP contribution in [0, 0.1) is 11.6 Å². The standard InChI is InChI=1S/C22H26F2N2O/c23-17-3-1-16(2-4-17)19-7-8-22(21-15-18(24)5-6-20(19)21)26-11-9-25(10-12-26)13-14-27/h1-6,15,19,22,27H,7-14H2/p+2/t19-,22+/m1/s1. The minimum atomic E-state index is -0.223. The molecule has 3 nitrogen and oxygen atoms in total. The van der Waals surface area contributed by atoms with Crippen molar-refractivity contribution in [3.8, 4) is 0 Å². The predicted molar refractivity (Wildman–Crippen MR) is 100.0 cm³/mol. The fourth-order valence-corrected chi connectivity index (χ4v) is 4.96. The van der Waals surface area contributed by atoms with Gasteiger partial charge in [0.1, 0.15) is 50.4 Å². The minimum absolute atomic E-state index is 0.178. The van der Waals surface area contributed by atoms with Gasteiger partial charge in [0.05, 0.1) is 6.61 Å². The Balaban J connectivity index is 1.59. The van der Waals surface area contributed by atoms with Crippen molar-refractivity contribution in [2.24, 2.45) is 0 Å². The summed E-state index contributed by atoms with van der Waals surface area (Å²) in [4.78, 5) is 2.99. The molecule has 0 aromatic heterocycles. The smallest absolute Gasteiger partial charge is 0.127 e. The van der Waals surface area contributed by atoms with Crippen molar-refractivity contribution in [1.82, 2.24) is 0 Å². The Morgan fingerprint density at radius 2 is 1.56 bits per heavy atom. The Morgan fingerprint density at radius 1 is 0.852 bits per heavy atom. The van der Waals surface area contributed by atoms with Gasteiger partial charge in [-0.15, -0.1) is 0 Å². The van der Waals surface area contributed by atoms with Crippen LogP contribution in [-0.2, 0) is 0 Å². The molecule has 144 valence electrons. The summed E-state index contributed by atoms with van der Waals surface area (Å²) in [5.74, 6) is -0.194. The molecule has 2 aliphatic rings. The zero-order valence-corrected chi connectivity index (χ0v) is 15.6. The molecule has 1 fully saturated rings. The molecule has 0 radical (unpaired) electrons. The SMILES string of the molecule is OCC[NH+]1CC[NH+]([C@H]2CC[C@H](c3ccc(F)cc3)c3ccc(F)cc32)CC1. The van der Waals surface area contributed by atoms with Crippen molar-refractivity contribution >= 4 is 0 Å². The second-order valence-corrected chi connectivity index (χ2v) is 7.89. The third kappa shape index (κ3) is 3.91. The second kappa shape index (κ2) is 8.05. The molecule has 1 heterocycles. The second-order valence-electron chi connectivity index (χ2n) is 7.89. The number of rotatable bonds is 4. The number of aliphatic hydroxyl groups is 1. The van der Waals surface area contributed by atoms with E-state index in [0.717, 1.165) is 56.7 Å². The van der Waals surface area contributed by atoms with Crippen LogP contribution < -0.4 is 9.80 Å². The van der Waals surface area contributed by atoms with E-state index in [1.54, 1.807) is 12.1 Å². The van der Waals surface area contributed by atoms with E-state index in [-0.39, 0.29) is 24.2 Å². The van der Waals surface area contributed by atoms with Crippen LogP contribution in [0.15, 0.2) is 42.5 Å². The fourth-order valence-electron chi connectivity index (χ4n) is 4.96. The monoisotopic (exact) mass is 374 g/mol. The molecule has 1 saturated heterocycles. The maximum Gasteiger partial charge on any atom is 0.127 e. The van der Waals surface area contributed by atoms with E-state index in [4.69, 9.17) is 5.11 Å². The number of hydrogen-bond acceptors (Lipinski definition) is 1. The summed E-state index contributed by atoms with van der Waals surface area (Å²) in [6.45, 7) is 5.27. The van der Waals surface area contributed by atoms with E-state index in [1.807, 2.05) is 18.2 Å². The Bertz CT molecular complexity index is 772. The van der Waals surface area contributed by atoms with Gasteiger partial charge in [-0.25, -0.2) is 8.78 Å². The van der Waals surface area contributed by atoms with Crippen molar-refractivity contribution in [1.29, 1.82) is 0 Å². The van der Waals surface area contributed by atoms with Gasteiger partial charge >= 0.3 is 0 Å². The molecule has 1 aliphatic carbocycles. The molecule has 5 heteroatoms. The Morgan fingerprint density at radius 3 is 2.26 bits per heavy atom. The molecule has 0 saturated carbocycles. The molecule has 27 heavy (non-hydrogen) atoms. The molecular weight excluding hydrogens is 346 g/mol. The Hall–Kier alpha value is -1.82. The van der Waals surface area contributed by atoms with Gasteiger partial charge in [0, 0.05) is 17.9 Å². The lowest BCUT2D eigenvalue weighted by atomic mass is 9.76. The van der Waals surface area contributed by atoms with E-state index >= 15 is 0 Å². The van der Waals surface area contributed by atoms with Gasteiger partial charge in [0.15, 0.2) is 0 Å². The minimum Gasteiger partial charge on any atom is -0.391 e. The average Bonchev–Trinajstić information content (AvgIpc) is 2.69. The summed E-state index contributed by atoms with van der Waals surface area (Å²) in [5, 5.41) is 9.16. The summed E-state index contributed by atoms with van der Waals surface area (Å²) >= 11 is 0. The van der Waals surface area contributed by atoms with Gasteiger partial charge < -0.3 is 14.9 Å². The summed E-state index contributed by atoms with van der Waals surface area (Å²) in [7, 11) is 0. The zero-order valence-electron chi connectivity index (χ0n) is 15.6. The molecule has 2 aromatic carbocycles. The highest BCUT2D eigenvalue weighted by Crippen LogP contribution is 2.40. The third-order valence-corrected chi connectivity index (χ3v) is 6.37. The van der Waals surface area contributed by atoms with Crippen molar-refractivity contribution in [3.05, 3.63) is 70.8 Å². The van der Waals surface area contributed by atoms with Crippen molar-refractivity contribution in [3.63, 3.8) is 0 Å². The maximum atomic E-state index is 14.1. The van der Waals surface area contributed by atoms with E-state index in [2.05, 4.69) is 0 Å². The van der Waals surface area contributed by atoms with E-state index in [0.29, 0.717) is 6.04 Å². The van der Waals surface area contributed by atoms with Crippen LogP contribution in [0.2, 0.25) is 0 Å². The number of hydrogen-bond donors (Lipinski definition) is 3. The first-order valence-corrected chi connectivity index (χ1v) is 9.99. The maximum absolute atomic E-state index is 14.1. The first-order chi connectivity index (χ1) is 13.2. The number of halogens is 2. The van der Waals surface area contributed by atoms with Crippen LogP contribution in [0.1, 0.15) is 41.5 Å². The van der Waals surface area contributed by atoms with Gasteiger partial charge in [-0.1, -0.05) is 18.2 Å². The van der Waals surface area contributed by atoms with Crippen molar-refractivity contribution in [2.75, 3.05) is 39.3 Å². The van der Waals surface area contributed by atoms with Gasteiger partial charge in [0.2, 0.25) is 0 Å². The van der Waals surface area contributed by atoms with Crippen molar-refractivity contribution < 1.29 is 23.7 Å². The van der Waals surface area contributed by atoms with E-state index in [1.165, 1.54) is 27.5 Å². The van der Waals surface area contributed by atoms with E-state index < -0.39 is 0 Å². The lowest BCUT2D eigenvalue weighted by Gasteiger charge is -2.39. The molecule has 0 spiro atoms. The predicted octanol–water partition coefficient (Wildman–Crippen LogP) is 0.707. The quantitative estimate of drug-likeness (QED) is 0.723. The van der Waals surface area contributed by atoms with Crippen LogP contribution in [0.5, 0.6) is 0 Å². The average molecular weight is 374 g/mol. The van der Waals surface area contributed by atoms with Crippen LogP contribution in [0.4, 0.5) is 8.78 Å². The lowest BCUT2D eigenvalue weighted by molar-refractivity contribution is -1.03. The summed E-state index contributed by atoms with van der Waals surface area (Å²) < 4.78 is 27.4. The van der Waals surface area contributed by atoms with Gasteiger partial charge in [-0.2, -0.15) is 0 Å². The molecule has 2 atom stereocenters. The van der Waals surface area contributed by atoms with Crippen LogP contribution in [0.3, 0.4) is 0 Å². The first kappa shape index (κ1) is 18.5. The molecular formula is C22H28F2N2O+2. The molecule has 1 aliphatic heterocycles. The summed E-state index contributed by atoms with van der Waals surface area (Å²) in [6, 6.07) is 12.3. The Kier molecular flexibility index (Phi) is 5.53. The van der Waals surface area contributed by atoms with Gasteiger partial charge in [-0.05, 0) is 41.8 Å². The number of nitrogens with one attached hydrogen (secondary N) is 2. The van der Waals surface area contributed by atoms with E-state index in [9.17, 15) is 8.78 Å². The first-order valence-electron chi connectivity index (χ1n) is 9.99. The largest absolute Gasteiger partial charge is 0.391 e. The molecule has 0 unspecified atom stereocenters. The number of benzene rings is 2. The lowest BCUT2D eigenvalue weighted by Crippen LogP contribution is -3.28. The summed E-state index contributed by atoms with van der Waals surface area (Å²) in [5.41, 5.74) is 3.42. The highest BCUT2D eigenvalue weighted by atomic mass is 19.1. The van der Waals surface area contributed by atoms with Crippen molar-refractivity contribution in [2.45, 2.75) is 24.8 Å². The van der Waals surface area contributed by atoms with Gasteiger partial charge in [0.25, 0.3) is 0 Å². The summed E-state index contributed by atoms with van der Waals surface area (Å²) in [6.07, 6.45) is 2.02. The molecule has 0 amide bonds. The number of fused-ring (bicyclic) bond motifs is 1. The molecule has 3 N–H and O–H groups in total. The third-order valence-electron chi connectivity index (χ3n) is 6.37. The number of quaternary nitrogens is 2. The number of piperazine rings is 1. The fraction of sp³-hybridized carbons (Fsp3) is 0.455. The molecule has 2 aromatic rings.